The highest BCUT2D eigenvalue weighted by molar-refractivity contribution is 5.85. The van der Waals surface area contributed by atoms with Crippen LogP contribution < -0.4 is 5.73 Å². The molecule has 2 aliphatic rings. The maximum Gasteiger partial charge on any atom is 0.228 e. The molecule has 0 aromatic carbocycles. The Balaban J connectivity index is 0.00000161. The minimum atomic E-state index is 0. The molecule has 2 N–H and O–H groups in total. The van der Waals surface area contributed by atoms with E-state index < -0.39 is 0 Å². The third kappa shape index (κ3) is 3.67. The molecule has 1 aromatic heterocycles. The number of anilines is 1. The molecule has 3 rings (SSSR count). The van der Waals surface area contributed by atoms with Gasteiger partial charge in [0, 0.05) is 18.3 Å². The van der Waals surface area contributed by atoms with Gasteiger partial charge in [-0.15, -0.1) is 12.4 Å². The van der Waals surface area contributed by atoms with Crippen molar-refractivity contribution < 1.29 is 4.79 Å². The number of nitrogens with two attached hydrogens (primary N) is 1. The second-order valence-corrected chi connectivity index (χ2v) is 6.10. The van der Waals surface area contributed by atoms with Crippen molar-refractivity contribution in [2.45, 2.75) is 51.0 Å². The quantitative estimate of drug-likeness (QED) is 0.914. The minimum Gasteiger partial charge on any atom is -0.397 e. The van der Waals surface area contributed by atoms with Crippen molar-refractivity contribution in [1.29, 1.82) is 0 Å². The highest BCUT2D eigenvalue weighted by atomic mass is 35.5. The SMILES string of the molecule is Cl.Nc1ccc(CC(=O)N2CCCC3CCCCC32)nc1. The number of nitrogens with zero attached hydrogens (tertiary/aromatic N) is 2. The summed E-state index contributed by atoms with van der Waals surface area (Å²) in [6.45, 7) is 0.926. The first kappa shape index (κ1) is 16.1. The summed E-state index contributed by atoms with van der Waals surface area (Å²) >= 11 is 0. The Hall–Kier alpha value is -1.29. The van der Waals surface area contributed by atoms with Crippen LogP contribution in [0.25, 0.3) is 0 Å². The molecule has 1 aliphatic heterocycles. The van der Waals surface area contributed by atoms with Crippen LogP contribution in [0.1, 0.15) is 44.2 Å². The Morgan fingerprint density at radius 3 is 2.76 bits per heavy atom. The molecule has 2 fully saturated rings. The molecule has 4 nitrogen and oxygen atoms in total. The second kappa shape index (κ2) is 7.12. The predicted molar refractivity (Wildman–Crippen MR) is 86.3 cm³/mol. The van der Waals surface area contributed by atoms with Crippen LogP contribution in [0.2, 0.25) is 0 Å². The van der Waals surface area contributed by atoms with E-state index in [2.05, 4.69) is 9.88 Å². The van der Waals surface area contributed by atoms with Crippen LogP contribution in [0.4, 0.5) is 5.69 Å². The molecule has 116 valence electrons. The van der Waals surface area contributed by atoms with E-state index >= 15 is 0 Å². The van der Waals surface area contributed by atoms with Crippen LogP contribution in [0.15, 0.2) is 18.3 Å². The summed E-state index contributed by atoms with van der Waals surface area (Å²) in [5.74, 6) is 0.972. The van der Waals surface area contributed by atoms with E-state index in [0.717, 1.165) is 24.6 Å². The van der Waals surface area contributed by atoms with Crippen molar-refractivity contribution in [2.24, 2.45) is 5.92 Å². The van der Waals surface area contributed by atoms with Crippen LogP contribution in [-0.4, -0.2) is 28.4 Å². The van der Waals surface area contributed by atoms with Gasteiger partial charge in [0.1, 0.15) is 0 Å². The molecule has 5 heteroatoms. The number of rotatable bonds is 2. The molecule has 0 bridgehead atoms. The van der Waals surface area contributed by atoms with Gasteiger partial charge in [0.15, 0.2) is 0 Å². The average molecular weight is 310 g/mol. The number of hydrogen-bond acceptors (Lipinski definition) is 3. The Kier molecular flexibility index (Phi) is 5.45. The summed E-state index contributed by atoms with van der Waals surface area (Å²) in [7, 11) is 0. The van der Waals surface area contributed by atoms with Crippen LogP contribution in [0.5, 0.6) is 0 Å². The largest absolute Gasteiger partial charge is 0.397 e. The van der Waals surface area contributed by atoms with Crippen LogP contribution >= 0.6 is 12.4 Å². The van der Waals surface area contributed by atoms with E-state index in [9.17, 15) is 4.79 Å². The Bertz CT molecular complexity index is 475. The molecular weight excluding hydrogens is 286 g/mol. The number of carbonyl (C=O) groups excluding carboxylic acids is 1. The fourth-order valence-electron chi connectivity index (χ4n) is 3.73. The van der Waals surface area contributed by atoms with Crippen molar-refractivity contribution in [1.82, 2.24) is 9.88 Å². The lowest BCUT2D eigenvalue weighted by Crippen LogP contribution is -2.50. The van der Waals surface area contributed by atoms with Crippen molar-refractivity contribution in [3.05, 3.63) is 24.0 Å². The first-order valence-corrected chi connectivity index (χ1v) is 7.74. The van der Waals surface area contributed by atoms with E-state index in [-0.39, 0.29) is 18.3 Å². The van der Waals surface area contributed by atoms with E-state index in [1.165, 1.54) is 32.1 Å². The van der Waals surface area contributed by atoms with Gasteiger partial charge < -0.3 is 10.6 Å². The van der Waals surface area contributed by atoms with Gasteiger partial charge in [-0.2, -0.15) is 0 Å². The molecule has 1 aliphatic carbocycles. The van der Waals surface area contributed by atoms with Gasteiger partial charge in [-0.1, -0.05) is 12.8 Å². The molecule has 21 heavy (non-hydrogen) atoms. The molecule has 1 saturated carbocycles. The summed E-state index contributed by atoms with van der Waals surface area (Å²) in [5.41, 5.74) is 7.10. The Morgan fingerprint density at radius 2 is 2.00 bits per heavy atom. The lowest BCUT2D eigenvalue weighted by atomic mass is 9.78. The zero-order valence-corrected chi connectivity index (χ0v) is 13.1. The fourth-order valence-corrected chi connectivity index (χ4v) is 3.73. The zero-order chi connectivity index (χ0) is 13.9. The number of aromatic nitrogens is 1. The summed E-state index contributed by atoms with van der Waals surface area (Å²) in [6.07, 6.45) is 9.58. The standard InChI is InChI=1S/C16H23N3O.ClH/c17-13-7-8-14(18-11-13)10-16(20)19-9-3-5-12-4-1-2-6-15(12)19;/h7-8,11-12,15H,1-6,9-10,17H2;1H. The van der Waals surface area contributed by atoms with Gasteiger partial charge in [-0.25, -0.2) is 0 Å². The van der Waals surface area contributed by atoms with Gasteiger partial charge in [0.25, 0.3) is 0 Å². The predicted octanol–water partition coefficient (Wildman–Crippen LogP) is 2.81. The normalized spacial score (nSPS) is 24.9. The third-order valence-corrected chi connectivity index (χ3v) is 4.74. The maximum absolute atomic E-state index is 12.6. The zero-order valence-electron chi connectivity index (χ0n) is 12.3. The van der Waals surface area contributed by atoms with Gasteiger partial charge >= 0.3 is 0 Å². The van der Waals surface area contributed by atoms with Crippen LogP contribution in [0.3, 0.4) is 0 Å². The van der Waals surface area contributed by atoms with E-state index in [1.807, 2.05) is 12.1 Å². The summed E-state index contributed by atoms with van der Waals surface area (Å²) < 4.78 is 0. The second-order valence-electron chi connectivity index (χ2n) is 6.10. The van der Waals surface area contributed by atoms with Crippen molar-refractivity contribution in [3.8, 4) is 0 Å². The van der Waals surface area contributed by atoms with Crippen molar-refractivity contribution in [2.75, 3.05) is 12.3 Å². The topological polar surface area (TPSA) is 59.2 Å². The molecule has 2 heterocycles. The van der Waals surface area contributed by atoms with E-state index in [4.69, 9.17) is 5.73 Å². The summed E-state index contributed by atoms with van der Waals surface area (Å²) in [5, 5.41) is 0. The first-order valence-electron chi connectivity index (χ1n) is 7.74. The molecule has 1 amide bonds. The minimum absolute atomic E-state index is 0. The molecule has 2 atom stereocenters. The lowest BCUT2D eigenvalue weighted by molar-refractivity contribution is -0.136. The average Bonchev–Trinajstić information content (AvgIpc) is 2.49. The number of carbonyl (C=O) groups is 1. The first-order chi connectivity index (χ1) is 9.74. The van der Waals surface area contributed by atoms with E-state index in [1.54, 1.807) is 6.20 Å². The van der Waals surface area contributed by atoms with Crippen molar-refractivity contribution >= 4 is 24.0 Å². The smallest absolute Gasteiger partial charge is 0.228 e. The summed E-state index contributed by atoms with van der Waals surface area (Å²) in [6, 6.07) is 4.16. The molecule has 2 unspecified atom stereocenters. The number of pyridine rings is 1. The van der Waals surface area contributed by atoms with Crippen LogP contribution in [-0.2, 0) is 11.2 Å². The van der Waals surface area contributed by atoms with E-state index in [0.29, 0.717) is 18.2 Å². The highest BCUT2D eigenvalue weighted by Crippen LogP contribution is 2.35. The van der Waals surface area contributed by atoms with Crippen molar-refractivity contribution in [3.63, 3.8) is 0 Å². The fraction of sp³-hybridized carbons (Fsp3) is 0.625. The van der Waals surface area contributed by atoms with Gasteiger partial charge in [-0.05, 0) is 43.7 Å². The number of piperidine rings is 1. The number of amides is 1. The van der Waals surface area contributed by atoms with Gasteiger partial charge in [0.05, 0.1) is 18.3 Å². The van der Waals surface area contributed by atoms with Gasteiger partial charge in [0.2, 0.25) is 5.91 Å². The third-order valence-electron chi connectivity index (χ3n) is 4.74. The maximum atomic E-state index is 12.6. The molecule has 0 spiro atoms. The molecule has 1 aromatic rings. The number of fused-ring (bicyclic) bond motifs is 1. The number of nitrogen functional groups attached to an aromatic ring is 1. The monoisotopic (exact) mass is 309 g/mol. The van der Waals surface area contributed by atoms with Gasteiger partial charge in [-0.3, -0.25) is 9.78 Å². The molecular formula is C16H24ClN3O. The molecule has 0 radical (unpaired) electrons. The Labute approximate surface area is 132 Å². The van der Waals surface area contributed by atoms with Crippen LogP contribution in [0, 0.1) is 5.92 Å². The highest BCUT2D eigenvalue weighted by Gasteiger charge is 2.35. The Morgan fingerprint density at radius 1 is 1.24 bits per heavy atom. The number of halogens is 1. The number of hydrogen-bond donors (Lipinski definition) is 1. The summed E-state index contributed by atoms with van der Waals surface area (Å²) in [4.78, 5) is 18.9. The molecule has 1 saturated heterocycles. The number of likely N-dealkylation sites (tertiary alicyclic amines) is 1. The lowest BCUT2D eigenvalue weighted by Gasteiger charge is -2.44.